The van der Waals surface area contributed by atoms with Crippen LogP contribution in [0.3, 0.4) is 0 Å². The molecule has 0 bridgehead atoms. The van der Waals surface area contributed by atoms with Gasteiger partial charge in [-0.05, 0) is 38.0 Å². The van der Waals surface area contributed by atoms with Gasteiger partial charge in [-0.2, -0.15) is 0 Å². The molecule has 0 spiro atoms. The Morgan fingerprint density at radius 2 is 2.00 bits per heavy atom. The number of aryl methyl sites for hydroxylation is 1. The standard InChI is InChI=1S/C16H20N2O2/c1-11-7-15(18-5-3-4-6-18)13-9-16(20-2)12(10-19)8-14(13)17-11/h7-9,19H,3-6,10H2,1-2H3. The maximum atomic E-state index is 9.44. The number of hydrogen-bond acceptors (Lipinski definition) is 4. The van der Waals surface area contributed by atoms with Crippen LogP contribution in [-0.2, 0) is 6.61 Å². The molecule has 106 valence electrons. The number of rotatable bonds is 3. The van der Waals surface area contributed by atoms with Crippen molar-refractivity contribution in [1.29, 1.82) is 0 Å². The monoisotopic (exact) mass is 272 g/mol. The first kappa shape index (κ1) is 13.2. The predicted molar refractivity (Wildman–Crippen MR) is 80.4 cm³/mol. The highest BCUT2D eigenvalue weighted by molar-refractivity contribution is 5.93. The number of pyridine rings is 1. The highest BCUT2D eigenvalue weighted by Crippen LogP contribution is 2.33. The summed E-state index contributed by atoms with van der Waals surface area (Å²) in [5, 5.41) is 10.5. The summed E-state index contributed by atoms with van der Waals surface area (Å²) in [4.78, 5) is 7.01. The van der Waals surface area contributed by atoms with E-state index in [2.05, 4.69) is 16.0 Å². The summed E-state index contributed by atoms with van der Waals surface area (Å²) in [6.45, 7) is 4.18. The third-order valence-corrected chi connectivity index (χ3v) is 3.93. The molecular formula is C16H20N2O2. The van der Waals surface area contributed by atoms with E-state index in [0.717, 1.165) is 41.0 Å². The lowest BCUT2D eigenvalue weighted by atomic mass is 10.1. The molecule has 1 aromatic heterocycles. The van der Waals surface area contributed by atoms with Crippen molar-refractivity contribution in [3.8, 4) is 5.75 Å². The summed E-state index contributed by atoms with van der Waals surface area (Å²) in [6, 6.07) is 6.08. The number of ether oxygens (including phenoxy) is 1. The zero-order valence-electron chi connectivity index (χ0n) is 12.0. The zero-order chi connectivity index (χ0) is 14.1. The molecule has 0 aliphatic carbocycles. The third-order valence-electron chi connectivity index (χ3n) is 3.93. The van der Waals surface area contributed by atoms with Gasteiger partial charge in [-0.15, -0.1) is 0 Å². The van der Waals surface area contributed by atoms with E-state index in [1.807, 2.05) is 19.1 Å². The highest BCUT2D eigenvalue weighted by atomic mass is 16.5. The second-order valence-corrected chi connectivity index (χ2v) is 5.32. The molecule has 1 N–H and O–H groups in total. The molecule has 4 heteroatoms. The van der Waals surface area contributed by atoms with Crippen LogP contribution in [0.2, 0.25) is 0 Å². The Morgan fingerprint density at radius 3 is 2.65 bits per heavy atom. The molecule has 1 aliphatic rings. The van der Waals surface area contributed by atoms with Crippen molar-refractivity contribution >= 4 is 16.6 Å². The lowest BCUT2D eigenvalue weighted by Crippen LogP contribution is -2.18. The van der Waals surface area contributed by atoms with Crippen LogP contribution in [-0.4, -0.2) is 30.3 Å². The summed E-state index contributed by atoms with van der Waals surface area (Å²) in [5.74, 6) is 0.728. The normalized spacial score (nSPS) is 15.1. The van der Waals surface area contributed by atoms with Crippen molar-refractivity contribution in [2.75, 3.05) is 25.1 Å². The number of hydrogen-bond donors (Lipinski definition) is 1. The molecule has 0 atom stereocenters. The number of aliphatic hydroxyl groups excluding tert-OH is 1. The number of fused-ring (bicyclic) bond motifs is 1. The Hall–Kier alpha value is -1.81. The number of anilines is 1. The Balaban J connectivity index is 2.22. The second kappa shape index (κ2) is 5.29. The molecular weight excluding hydrogens is 252 g/mol. The Kier molecular flexibility index (Phi) is 3.49. The van der Waals surface area contributed by atoms with Crippen LogP contribution < -0.4 is 9.64 Å². The van der Waals surface area contributed by atoms with Gasteiger partial charge in [0.25, 0.3) is 0 Å². The van der Waals surface area contributed by atoms with E-state index in [9.17, 15) is 5.11 Å². The molecule has 0 radical (unpaired) electrons. The summed E-state index contributed by atoms with van der Waals surface area (Å²) >= 11 is 0. The quantitative estimate of drug-likeness (QED) is 0.933. The van der Waals surface area contributed by atoms with E-state index in [1.54, 1.807) is 7.11 Å². The van der Waals surface area contributed by atoms with Crippen LogP contribution >= 0.6 is 0 Å². The van der Waals surface area contributed by atoms with Crippen molar-refractivity contribution in [3.05, 3.63) is 29.5 Å². The lowest BCUT2D eigenvalue weighted by Gasteiger charge is -2.21. The summed E-state index contributed by atoms with van der Waals surface area (Å²) in [7, 11) is 1.64. The van der Waals surface area contributed by atoms with Gasteiger partial charge in [0.15, 0.2) is 0 Å². The Labute approximate surface area is 119 Å². The lowest BCUT2D eigenvalue weighted by molar-refractivity contribution is 0.274. The first-order valence-corrected chi connectivity index (χ1v) is 7.07. The summed E-state index contributed by atoms with van der Waals surface area (Å²) < 4.78 is 5.39. The van der Waals surface area contributed by atoms with Gasteiger partial charge in [0.1, 0.15) is 5.75 Å². The number of aromatic nitrogens is 1. The van der Waals surface area contributed by atoms with Crippen molar-refractivity contribution in [2.45, 2.75) is 26.4 Å². The minimum atomic E-state index is -0.0339. The maximum Gasteiger partial charge on any atom is 0.125 e. The zero-order valence-corrected chi connectivity index (χ0v) is 12.0. The average molecular weight is 272 g/mol. The van der Waals surface area contributed by atoms with E-state index in [1.165, 1.54) is 18.5 Å². The maximum absolute atomic E-state index is 9.44. The fraction of sp³-hybridized carbons (Fsp3) is 0.438. The first-order chi connectivity index (χ1) is 9.72. The summed E-state index contributed by atoms with van der Waals surface area (Å²) in [5.41, 5.74) is 3.95. The van der Waals surface area contributed by atoms with E-state index >= 15 is 0 Å². The topological polar surface area (TPSA) is 45.6 Å². The molecule has 4 nitrogen and oxygen atoms in total. The van der Waals surface area contributed by atoms with E-state index < -0.39 is 0 Å². The molecule has 0 saturated carbocycles. The minimum Gasteiger partial charge on any atom is -0.496 e. The molecule has 2 heterocycles. The fourth-order valence-corrected chi connectivity index (χ4v) is 2.94. The van der Waals surface area contributed by atoms with Crippen LogP contribution in [0.5, 0.6) is 5.75 Å². The largest absolute Gasteiger partial charge is 0.496 e. The van der Waals surface area contributed by atoms with Crippen molar-refractivity contribution in [3.63, 3.8) is 0 Å². The number of benzene rings is 1. The first-order valence-electron chi connectivity index (χ1n) is 7.07. The number of aliphatic hydroxyl groups is 1. The van der Waals surface area contributed by atoms with Gasteiger partial charge in [-0.1, -0.05) is 0 Å². The van der Waals surface area contributed by atoms with Crippen LogP contribution in [0, 0.1) is 6.92 Å². The van der Waals surface area contributed by atoms with Gasteiger partial charge < -0.3 is 14.7 Å². The molecule has 1 aromatic carbocycles. The third kappa shape index (κ3) is 2.20. The SMILES string of the molecule is COc1cc2c(N3CCCC3)cc(C)nc2cc1CO. The van der Waals surface area contributed by atoms with Crippen LogP contribution in [0.4, 0.5) is 5.69 Å². The van der Waals surface area contributed by atoms with Crippen LogP contribution in [0.1, 0.15) is 24.1 Å². The smallest absolute Gasteiger partial charge is 0.125 e. The molecule has 20 heavy (non-hydrogen) atoms. The molecule has 3 rings (SSSR count). The van der Waals surface area contributed by atoms with Crippen molar-refractivity contribution in [2.24, 2.45) is 0 Å². The van der Waals surface area contributed by atoms with Crippen molar-refractivity contribution < 1.29 is 9.84 Å². The minimum absolute atomic E-state index is 0.0339. The number of nitrogens with zero attached hydrogens (tertiary/aromatic N) is 2. The highest BCUT2D eigenvalue weighted by Gasteiger charge is 2.17. The predicted octanol–water partition coefficient (Wildman–Crippen LogP) is 2.64. The molecule has 2 aromatic rings. The Bertz CT molecular complexity index is 634. The van der Waals surface area contributed by atoms with Gasteiger partial charge in [0.2, 0.25) is 0 Å². The van der Waals surface area contributed by atoms with Crippen LogP contribution in [0.25, 0.3) is 10.9 Å². The van der Waals surface area contributed by atoms with Gasteiger partial charge >= 0.3 is 0 Å². The Morgan fingerprint density at radius 1 is 1.25 bits per heavy atom. The van der Waals surface area contributed by atoms with Gasteiger partial charge in [-0.25, -0.2) is 0 Å². The number of methoxy groups -OCH3 is 1. The molecule has 0 unspecified atom stereocenters. The molecule has 1 fully saturated rings. The van der Waals surface area contributed by atoms with Gasteiger partial charge in [-0.3, -0.25) is 4.98 Å². The van der Waals surface area contributed by atoms with Gasteiger partial charge in [0.05, 0.1) is 19.2 Å². The van der Waals surface area contributed by atoms with Crippen LogP contribution in [0.15, 0.2) is 18.2 Å². The van der Waals surface area contributed by atoms with Gasteiger partial charge in [0, 0.05) is 35.4 Å². The van der Waals surface area contributed by atoms with E-state index in [0.29, 0.717) is 0 Å². The summed E-state index contributed by atoms with van der Waals surface area (Å²) in [6.07, 6.45) is 2.49. The molecule has 1 aliphatic heterocycles. The van der Waals surface area contributed by atoms with E-state index in [4.69, 9.17) is 4.74 Å². The van der Waals surface area contributed by atoms with E-state index in [-0.39, 0.29) is 6.61 Å². The second-order valence-electron chi connectivity index (χ2n) is 5.32. The fourth-order valence-electron chi connectivity index (χ4n) is 2.94. The average Bonchev–Trinajstić information content (AvgIpc) is 2.98. The molecule has 1 saturated heterocycles. The molecule has 0 amide bonds. The van der Waals surface area contributed by atoms with Crippen molar-refractivity contribution in [1.82, 2.24) is 4.98 Å².